The van der Waals surface area contributed by atoms with Gasteiger partial charge in [-0.2, -0.15) is 14.9 Å². The Morgan fingerprint density at radius 3 is 2.21 bits per heavy atom. The van der Waals surface area contributed by atoms with Crippen LogP contribution in [0.4, 0.5) is 19.8 Å². The molecular formula is C37H48ClFN6O11. The Hall–Kier alpha value is -4.49. The normalized spacial score (nSPS) is 21.0. The molecule has 0 bridgehead atoms. The van der Waals surface area contributed by atoms with Gasteiger partial charge in [-0.15, -0.1) is 0 Å². The average molecular weight is 807 g/mol. The number of alkyl halides is 1. The fourth-order valence-corrected chi connectivity index (χ4v) is 5.90. The van der Waals surface area contributed by atoms with Gasteiger partial charge in [-0.25, -0.2) is 28.6 Å². The first-order valence-electron chi connectivity index (χ1n) is 18.2. The number of halogens is 2. The molecule has 0 spiro atoms. The van der Waals surface area contributed by atoms with Crippen molar-refractivity contribution in [1.82, 2.24) is 24.4 Å². The minimum Gasteiger partial charge on any atom is -0.462 e. The summed E-state index contributed by atoms with van der Waals surface area (Å²) in [7, 11) is 0. The predicted octanol–water partition coefficient (Wildman–Crippen LogP) is 5.03. The highest BCUT2D eigenvalue weighted by Gasteiger charge is 2.46. The Balaban J connectivity index is 1.35. The van der Waals surface area contributed by atoms with Crippen molar-refractivity contribution in [2.24, 2.45) is 5.92 Å². The highest BCUT2D eigenvalue weighted by atomic mass is 35.5. The molecule has 306 valence electrons. The van der Waals surface area contributed by atoms with Crippen LogP contribution in [0.5, 0.6) is 0 Å². The van der Waals surface area contributed by atoms with Gasteiger partial charge in [-0.3, -0.25) is 9.47 Å². The topological polar surface area (TPSA) is 183 Å². The van der Waals surface area contributed by atoms with E-state index in [4.69, 9.17) is 44.8 Å². The van der Waals surface area contributed by atoms with E-state index in [0.717, 1.165) is 0 Å². The second-order valence-corrected chi connectivity index (χ2v) is 15.6. The summed E-state index contributed by atoms with van der Waals surface area (Å²) in [6.45, 7) is 13.6. The Bertz CT molecular complexity index is 1820. The number of imide groups is 1. The third-order valence-corrected chi connectivity index (χ3v) is 8.69. The lowest BCUT2D eigenvalue weighted by atomic mass is 10.0. The lowest BCUT2D eigenvalue weighted by molar-refractivity contribution is -0.178. The van der Waals surface area contributed by atoms with E-state index in [9.17, 15) is 19.2 Å². The number of hydrogen-bond acceptors (Lipinski definition) is 15. The standard InChI is InChI=1S/C37H48ClFN6O11/c1-22-24(20-52-27(32(47)53-19-23-11-9-8-10-12-23)31(46)51-18-15-43-13-16-50-17-14-43)54-30(25(22)39)44-21-40-26-28(44)41-33(38)42-29(26)45(34(48)55-36(2,3)4)35(49)56-37(5,6)7/h8-12,21-22,24-25,27,30H,13-20H2,1-7H3/t22-,24-,25+,27?,30-/m1/s1. The van der Waals surface area contributed by atoms with Crippen LogP contribution in [0.15, 0.2) is 36.7 Å². The minimum absolute atomic E-state index is 0.00495. The largest absolute Gasteiger partial charge is 0.462 e. The third-order valence-electron chi connectivity index (χ3n) is 8.52. The van der Waals surface area contributed by atoms with Gasteiger partial charge >= 0.3 is 24.1 Å². The van der Waals surface area contributed by atoms with Crippen molar-refractivity contribution in [2.45, 2.75) is 90.9 Å². The minimum atomic E-state index is -1.79. The van der Waals surface area contributed by atoms with Crippen molar-refractivity contribution in [1.29, 1.82) is 0 Å². The number of esters is 2. The Morgan fingerprint density at radius 1 is 0.964 bits per heavy atom. The summed E-state index contributed by atoms with van der Waals surface area (Å²) in [5.41, 5.74) is -1.54. The van der Waals surface area contributed by atoms with E-state index in [1.165, 1.54) is 10.9 Å². The first kappa shape index (κ1) is 42.6. The van der Waals surface area contributed by atoms with Gasteiger partial charge in [0, 0.05) is 25.6 Å². The van der Waals surface area contributed by atoms with Gasteiger partial charge in [0.15, 0.2) is 29.4 Å². The number of anilines is 1. The summed E-state index contributed by atoms with van der Waals surface area (Å²) in [5.74, 6) is -3.15. The molecule has 3 aromatic rings. The number of nitrogens with zero attached hydrogens (tertiary/aromatic N) is 6. The van der Waals surface area contributed by atoms with Crippen LogP contribution in [0, 0.1) is 5.92 Å². The zero-order chi connectivity index (χ0) is 40.8. The summed E-state index contributed by atoms with van der Waals surface area (Å²) in [5, 5.41) is -0.406. The van der Waals surface area contributed by atoms with Gasteiger partial charge < -0.3 is 33.2 Å². The number of hydrogen-bond donors (Lipinski definition) is 0. The van der Waals surface area contributed by atoms with Gasteiger partial charge in [-0.1, -0.05) is 37.3 Å². The van der Waals surface area contributed by atoms with Crippen LogP contribution in [-0.2, 0) is 49.4 Å². The lowest BCUT2D eigenvalue weighted by Gasteiger charge is -2.28. The molecule has 5 rings (SSSR count). The second kappa shape index (κ2) is 18.2. The van der Waals surface area contributed by atoms with Crippen molar-refractivity contribution in [3.8, 4) is 0 Å². The van der Waals surface area contributed by atoms with E-state index in [2.05, 4.69) is 19.9 Å². The average Bonchev–Trinajstić information content (AvgIpc) is 3.66. The molecular weight excluding hydrogens is 759 g/mol. The van der Waals surface area contributed by atoms with Gasteiger partial charge in [0.25, 0.3) is 6.10 Å². The van der Waals surface area contributed by atoms with Crippen LogP contribution >= 0.6 is 11.6 Å². The molecule has 2 fully saturated rings. The fraction of sp³-hybridized carbons (Fsp3) is 0.595. The molecule has 2 aliphatic heterocycles. The highest BCUT2D eigenvalue weighted by Crippen LogP contribution is 2.39. The molecule has 1 unspecified atom stereocenters. The Morgan fingerprint density at radius 2 is 1.59 bits per heavy atom. The third kappa shape index (κ3) is 11.1. The second-order valence-electron chi connectivity index (χ2n) is 15.2. The smallest absolute Gasteiger partial charge is 0.425 e. The summed E-state index contributed by atoms with van der Waals surface area (Å²) >= 11 is 6.32. The molecule has 2 aliphatic rings. The number of rotatable bonds is 12. The maximum atomic E-state index is 16.1. The van der Waals surface area contributed by atoms with E-state index in [1.54, 1.807) is 72.7 Å². The van der Waals surface area contributed by atoms with E-state index in [0.29, 0.717) is 43.3 Å². The number of benzene rings is 1. The summed E-state index contributed by atoms with van der Waals surface area (Å²) in [4.78, 5) is 68.5. The molecule has 0 radical (unpaired) electrons. The Kier molecular flexibility index (Phi) is 13.9. The zero-order valence-corrected chi connectivity index (χ0v) is 33.2. The lowest BCUT2D eigenvalue weighted by Crippen LogP contribution is -2.44. The number of carbonyl (C=O) groups excluding carboxylic acids is 4. The number of imidazole rings is 1. The predicted molar refractivity (Wildman–Crippen MR) is 197 cm³/mol. The maximum Gasteiger partial charge on any atom is 0.425 e. The molecule has 56 heavy (non-hydrogen) atoms. The molecule has 2 saturated heterocycles. The number of morpholine rings is 1. The van der Waals surface area contributed by atoms with Crippen LogP contribution in [0.25, 0.3) is 11.2 Å². The first-order valence-corrected chi connectivity index (χ1v) is 18.5. The summed E-state index contributed by atoms with van der Waals surface area (Å²) < 4.78 is 56.4. The first-order chi connectivity index (χ1) is 26.4. The van der Waals surface area contributed by atoms with E-state index < -0.39 is 77.7 Å². The fourth-order valence-electron chi connectivity index (χ4n) is 5.74. The molecule has 4 heterocycles. The van der Waals surface area contributed by atoms with Gasteiger partial charge in [0.1, 0.15) is 24.4 Å². The molecule has 2 aromatic heterocycles. The molecule has 5 atom stereocenters. The van der Waals surface area contributed by atoms with Gasteiger partial charge in [0.2, 0.25) is 5.28 Å². The number of aromatic nitrogens is 4. The monoisotopic (exact) mass is 806 g/mol. The van der Waals surface area contributed by atoms with Crippen molar-refractivity contribution in [3.05, 3.63) is 47.5 Å². The number of fused-ring (bicyclic) bond motifs is 1. The zero-order valence-electron chi connectivity index (χ0n) is 32.4. The van der Waals surface area contributed by atoms with Gasteiger partial charge in [-0.05, 0) is 58.7 Å². The molecule has 17 nitrogen and oxygen atoms in total. The van der Waals surface area contributed by atoms with Crippen molar-refractivity contribution in [2.75, 3.05) is 51.0 Å². The molecule has 2 amide bonds. The van der Waals surface area contributed by atoms with Crippen LogP contribution in [0.3, 0.4) is 0 Å². The molecule has 1 aromatic carbocycles. The molecule has 19 heteroatoms. The van der Waals surface area contributed by atoms with E-state index in [1.807, 2.05) is 6.07 Å². The molecule has 0 saturated carbocycles. The van der Waals surface area contributed by atoms with E-state index >= 15 is 4.39 Å². The maximum absolute atomic E-state index is 16.1. The number of amides is 2. The summed E-state index contributed by atoms with van der Waals surface area (Å²) in [6, 6.07) is 8.89. The van der Waals surface area contributed by atoms with Crippen molar-refractivity contribution < 1.29 is 56.7 Å². The van der Waals surface area contributed by atoms with Crippen LogP contribution in [0.2, 0.25) is 5.28 Å². The van der Waals surface area contributed by atoms with Crippen molar-refractivity contribution in [3.63, 3.8) is 0 Å². The molecule has 0 N–H and O–H groups in total. The quantitative estimate of drug-likeness (QED) is 0.103. The number of ether oxygens (including phenoxy) is 7. The van der Waals surface area contributed by atoms with Crippen LogP contribution < -0.4 is 4.90 Å². The summed E-state index contributed by atoms with van der Waals surface area (Å²) in [6.07, 6.45) is -6.90. The highest BCUT2D eigenvalue weighted by molar-refractivity contribution is 6.29. The van der Waals surface area contributed by atoms with Crippen LogP contribution in [0.1, 0.15) is 60.3 Å². The van der Waals surface area contributed by atoms with Crippen LogP contribution in [-0.4, -0.2) is 124 Å². The van der Waals surface area contributed by atoms with Gasteiger partial charge in [0.05, 0.1) is 32.3 Å². The van der Waals surface area contributed by atoms with E-state index in [-0.39, 0.29) is 30.2 Å². The Labute approximate surface area is 328 Å². The molecule has 0 aliphatic carbocycles. The SMILES string of the molecule is C[C@H]1[C@H](F)[C@H](n2cnc3c(N(C(=O)OC(C)(C)C)C(=O)OC(C)(C)C)nc(Cl)nc32)O[C@@H]1COC(C(=O)OCCN1CCOCC1)C(=O)OCc1ccccc1. The number of carbonyl (C=O) groups is 4. The van der Waals surface area contributed by atoms with Crippen molar-refractivity contribution >= 4 is 52.7 Å².